The summed E-state index contributed by atoms with van der Waals surface area (Å²) in [5.41, 5.74) is 0. The van der Waals surface area contributed by atoms with Crippen molar-refractivity contribution in [1.82, 2.24) is 0 Å². The zero-order chi connectivity index (χ0) is 9.64. The molecule has 1 nitrogen and oxygen atoms in total. The van der Waals surface area contributed by atoms with Crippen molar-refractivity contribution in [2.24, 2.45) is 0 Å². The van der Waals surface area contributed by atoms with E-state index in [1.807, 2.05) is 11.8 Å². The topological polar surface area (TPSA) is 4.44 Å². The maximum atomic E-state index is 2.20. The van der Waals surface area contributed by atoms with Gasteiger partial charge >= 0.3 is 0 Å². The van der Waals surface area contributed by atoms with Gasteiger partial charge in [0.15, 0.2) is 0 Å². The molecule has 1 N–H and O–H groups in total. The number of hydrogen-bond donors (Lipinski definition) is 1. The van der Waals surface area contributed by atoms with Crippen LogP contribution in [0.1, 0.15) is 19.3 Å². The van der Waals surface area contributed by atoms with E-state index in [2.05, 4.69) is 30.3 Å². The van der Waals surface area contributed by atoms with E-state index in [-0.39, 0.29) is 0 Å². The molecule has 1 heterocycles. The van der Waals surface area contributed by atoms with Crippen LogP contribution in [0.2, 0.25) is 0 Å². The molecular formula is C12H18NS+. The van der Waals surface area contributed by atoms with Gasteiger partial charge in [-0.2, -0.15) is 0 Å². The first-order valence-electron chi connectivity index (χ1n) is 5.46. The number of thioether (sulfide) groups is 1. The summed E-state index contributed by atoms with van der Waals surface area (Å²) in [6, 6.07) is 10.7. The highest BCUT2D eigenvalue weighted by atomic mass is 32.2. The molecule has 0 radical (unpaired) electrons. The molecule has 2 heteroatoms. The molecular weight excluding hydrogens is 190 g/mol. The van der Waals surface area contributed by atoms with E-state index < -0.39 is 0 Å². The summed E-state index contributed by atoms with van der Waals surface area (Å²) in [4.78, 5) is 3.18. The van der Waals surface area contributed by atoms with E-state index in [9.17, 15) is 0 Å². The fourth-order valence-corrected chi connectivity index (χ4v) is 2.91. The number of likely N-dealkylation sites (tertiary alicyclic amines) is 1. The summed E-state index contributed by atoms with van der Waals surface area (Å²) < 4.78 is 0. The van der Waals surface area contributed by atoms with Crippen LogP contribution in [-0.2, 0) is 0 Å². The van der Waals surface area contributed by atoms with Crippen molar-refractivity contribution < 1.29 is 4.90 Å². The Kier molecular flexibility index (Phi) is 3.90. The van der Waals surface area contributed by atoms with Crippen molar-refractivity contribution in [3.8, 4) is 0 Å². The first-order valence-corrected chi connectivity index (χ1v) is 6.45. The highest BCUT2D eigenvalue weighted by Crippen LogP contribution is 2.14. The third-order valence-electron chi connectivity index (χ3n) is 2.75. The predicted molar refractivity (Wildman–Crippen MR) is 61.7 cm³/mol. The molecule has 0 aliphatic carbocycles. The van der Waals surface area contributed by atoms with Gasteiger partial charge in [0.2, 0.25) is 0 Å². The molecule has 0 amide bonds. The molecule has 0 saturated carbocycles. The minimum absolute atomic E-state index is 1.24. The number of rotatable bonds is 3. The summed E-state index contributed by atoms with van der Waals surface area (Å²) in [5.74, 6) is 1.24. The zero-order valence-electron chi connectivity index (χ0n) is 8.54. The standard InChI is InChI=1S/C12H17NS/c1-3-7-12(8-4-1)14-11-13-9-5-2-6-10-13/h1,3-4,7-8H,2,5-6,9-11H2/p+1. The van der Waals surface area contributed by atoms with Gasteiger partial charge in [0, 0.05) is 4.90 Å². The highest BCUT2D eigenvalue weighted by molar-refractivity contribution is 7.99. The predicted octanol–water partition coefficient (Wildman–Crippen LogP) is 1.80. The van der Waals surface area contributed by atoms with Gasteiger partial charge in [0.25, 0.3) is 0 Å². The third kappa shape index (κ3) is 3.03. The van der Waals surface area contributed by atoms with E-state index in [0.717, 1.165) is 0 Å². The van der Waals surface area contributed by atoms with E-state index >= 15 is 0 Å². The number of quaternary nitrogens is 1. The number of benzene rings is 1. The van der Waals surface area contributed by atoms with Gasteiger partial charge in [-0.25, -0.2) is 0 Å². The molecule has 76 valence electrons. The Balaban J connectivity index is 1.76. The maximum Gasteiger partial charge on any atom is 0.128 e. The summed E-state index contributed by atoms with van der Waals surface area (Å²) in [7, 11) is 0. The molecule has 1 aliphatic rings. The fourth-order valence-electron chi connectivity index (χ4n) is 1.90. The molecule has 0 spiro atoms. The summed E-state index contributed by atoms with van der Waals surface area (Å²) in [5, 5.41) is 0. The van der Waals surface area contributed by atoms with Crippen LogP contribution in [0.3, 0.4) is 0 Å². The molecule has 0 unspecified atom stereocenters. The van der Waals surface area contributed by atoms with Gasteiger partial charge in [-0.3, -0.25) is 0 Å². The lowest BCUT2D eigenvalue weighted by molar-refractivity contribution is -0.891. The largest absolute Gasteiger partial charge is 0.326 e. The molecule has 0 aromatic heterocycles. The van der Waals surface area contributed by atoms with Crippen LogP contribution >= 0.6 is 11.8 Å². The van der Waals surface area contributed by atoms with Crippen molar-refractivity contribution in [2.75, 3.05) is 19.0 Å². The highest BCUT2D eigenvalue weighted by Gasteiger charge is 2.12. The van der Waals surface area contributed by atoms with E-state index in [4.69, 9.17) is 0 Å². The van der Waals surface area contributed by atoms with Crippen molar-refractivity contribution in [1.29, 1.82) is 0 Å². The molecule has 0 bridgehead atoms. The molecule has 0 atom stereocenters. The second-order valence-electron chi connectivity index (χ2n) is 3.91. The average molecular weight is 208 g/mol. The summed E-state index contributed by atoms with van der Waals surface area (Å²) in [6.45, 7) is 2.75. The fraction of sp³-hybridized carbons (Fsp3) is 0.500. The molecule has 1 saturated heterocycles. The number of piperidine rings is 1. The monoisotopic (exact) mass is 208 g/mol. The normalized spacial score (nSPS) is 18.3. The Morgan fingerprint density at radius 3 is 2.43 bits per heavy atom. The molecule has 1 aromatic carbocycles. The Morgan fingerprint density at radius 1 is 1.00 bits per heavy atom. The first kappa shape index (κ1) is 10.1. The quantitative estimate of drug-likeness (QED) is 0.742. The lowest BCUT2D eigenvalue weighted by Gasteiger charge is -2.22. The van der Waals surface area contributed by atoms with E-state index in [0.29, 0.717) is 0 Å². The van der Waals surface area contributed by atoms with E-state index in [1.165, 1.54) is 43.1 Å². The molecule has 14 heavy (non-hydrogen) atoms. The van der Waals surface area contributed by atoms with Crippen LogP contribution in [0.5, 0.6) is 0 Å². The summed E-state index contributed by atoms with van der Waals surface area (Å²) in [6.07, 6.45) is 4.29. The van der Waals surface area contributed by atoms with Crippen LogP contribution < -0.4 is 4.90 Å². The van der Waals surface area contributed by atoms with Crippen LogP contribution in [0.4, 0.5) is 0 Å². The Labute approximate surface area is 90.5 Å². The lowest BCUT2D eigenvalue weighted by atomic mass is 10.1. The molecule has 2 rings (SSSR count). The minimum atomic E-state index is 1.24. The smallest absolute Gasteiger partial charge is 0.128 e. The second kappa shape index (κ2) is 5.42. The van der Waals surface area contributed by atoms with Gasteiger partial charge in [0.1, 0.15) is 5.88 Å². The van der Waals surface area contributed by atoms with Crippen molar-refractivity contribution in [3.63, 3.8) is 0 Å². The van der Waals surface area contributed by atoms with Crippen LogP contribution in [0.15, 0.2) is 35.2 Å². The average Bonchev–Trinajstić information content (AvgIpc) is 2.29. The zero-order valence-corrected chi connectivity index (χ0v) is 9.35. The SMILES string of the molecule is c1ccc(SC[NH+]2CCCCC2)cc1. The molecule has 1 aliphatic heterocycles. The Hall–Kier alpha value is -0.470. The van der Waals surface area contributed by atoms with Crippen LogP contribution in [0, 0.1) is 0 Å². The molecule has 1 fully saturated rings. The molecule has 1 aromatic rings. The van der Waals surface area contributed by atoms with Crippen LogP contribution in [-0.4, -0.2) is 19.0 Å². The Morgan fingerprint density at radius 2 is 1.71 bits per heavy atom. The van der Waals surface area contributed by atoms with Crippen LogP contribution in [0.25, 0.3) is 0 Å². The lowest BCUT2D eigenvalue weighted by Crippen LogP contribution is -3.12. The van der Waals surface area contributed by atoms with Gasteiger partial charge in [-0.05, 0) is 31.4 Å². The Bertz CT molecular complexity index is 254. The number of nitrogens with one attached hydrogen (secondary N) is 1. The van der Waals surface area contributed by atoms with Crippen molar-refractivity contribution in [2.45, 2.75) is 24.2 Å². The summed E-state index contributed by atoms with van der Waals surface area (Å²) >= 11 is 1.99. The minimum Gasteiger partial charge on any atom is -0.326 e. The van der Waals surface area contributed by atoms with Gasteiger partial charge in [0.05, 0.1) is 13.1 Å². The van der Waals surface area contributed by atoms with Gasteiger partial charge in [-0.15, -0.1) is 0 Å². The van der Waals surface area contributed by atoms with Gasteiger partial charge < -0.3 is 4.90 Å². The van der Waals surface area contributed by atoms with Gasteiger partial charge in [-0.1, -0.05) is 30.0 Å². The third-order valence-corrected chi connectivity index (χ3v) is 3.90. The number of hydrogen-bond acceptors (Lipinski definition) is 1. The first-order chi connectivity index (χ1) is 6.95. The van der Waals surface area contributed by atoms with Crippen molar-refractivity contribution in [3.05, 3.63) is 30.3 Å². The van der Waals surface area contributed by atoms with Crippen molar-refractivity contribution >= 4 is 11.8 Å². The second-order valence-corrected chi connectivity index (χ2v) is 4.96. The maximum absolute atomic E-state index is 2.20. The van der Waals surface area contributed by atoms with E-state index in [1.54, 1.807) is 4.90 Å².